The highest BCUT2D eigenvalue weighted by atomic mass is 16.1. The van der Waals surface area contributed by atoms with Gasteiger partial charge in [-0.1, -0.05) is 20.8 Å². The molecule has 2 heterocycles. The summed E-state index contributed by atoms with van der Waals surface area (Å²) in [5, 5.41) is 0. The SMILES string of the molecule is CCC(C)(C)c1nc2cc(C)ccn2c1C=O. The van der Waals surface area contributed by atoms with Crippen LogP contribution in [0.25, 0.3) is 5.65 Å². The number of aromatic nitrogens is 2. The van der Waals surface area contributed by atoms with E-state index in [1.54, 1.807) is 0 Å². The van der Waals surface area contributed by atoms with Gasteiger partial charge in [0.05, 0.1) is 5.69 Å². The second-order valence-electron chi connectivity index (χ2n) is 5.13. The Morgan fingerprint density at radius 1 is 1.47 bits per heavy atom. The Kier molecular flexibility index (Phi) is 2.77. The average Bonchev–Trinajstić information content (AvgIpc) is 2.67. The molecule has 0 fully saturated rings. The van der Waals surface area contributed by atoms with Crippen molar-refractivity contribution in [1.82, 2.24) is 9.38 Å². The molecule has 3 heteroatoms. The molecule has 0 N–H and O–H groups in total. The van der Waals surface area contributed by atoms with E-state index in [4.69, 9.17) is 0 Å². The van der Waals surface area contributed by atoms with Crippen LogP contribution in [0.5, 0.6) is 0 Å². The van der Waals surface area contributed by atoms with Crippen molar-refractivity contribution in [1.29, 1.82) is 0 Å². The number of nitrogens with zero attached hydrogens (tertiary/aromatic N) is 2. The van der Waals surface area contributed by atoms with Crippen LogP contribution in [0.1, 0.15) is 48.9 Å². The highest BCUT2D eigenvalue weighted by Gasteiger charge is 2.26. The average molecular weight is 230 g/mol. The molecule has 0 unspecified atom stereocenters. The fourth-order valence-corrected chi connectivity index (χ4v) is 1.94. The molecule has 17 heavy (non-hydrogen) atoms. The minimum atomic E-state index is -0.0732. The fourth-order valence-electron chi connectivity index (χ4n) is 1.94. The number of aldehydes is 1. The van der Waals surface area contributed by atoms with E-state index < -0.39 is 0 Å². The standard InChI is InChI=1S/C14H18N2O/c1-5-14(3,4)13-11(9-17)16-7-6-10(2)8-12(16)15-13/h6-9H,5H2,1-4H3. The molecule has 2 aromatic rings. The number of imidazole rings is 1. The summed E-state index contributed by atoms with van der Waals surface area (Å²) in [7, 11) is 0. The van der Waals surface area contributed by atoms with Gasteiger partial charge in [0.2, 0.25) is 0 Å². The molecule has 0 saturated carbocycles. The molecule has 0 radical (unpaired) electrons. The second kappa shape index (κ2) is 3.99. The van der Waals surface area contributed by atoms with Crippen LogP contribution in [0.4, 0.5) is 0 Å². The first-order valence-electron chi connectivity index (χ1n) is 5.94. The zero-order valence-corrected chi connectivity index (χ0v) is 10.8. The second-order valence-corrected chi connectivity index (χ2v) is 5.13. The minimum Gasteiger partial charge on any atom is -0.297 e. The van der Waals surface area contributed by atoms with Crippen molar-refractivity contribution in [2.24, 2.45) is 0 Å². The van der Waals surface area contributed by atoms with Gasteiger partial charge in [-0.25, -0.2) is 4.98 Å². The molecule has 0 bridgehead atoms. The third-order valence-corrected chi connectivity index (χ3v) is 3.46. The van der Waals surface area contributed by atoms with Gasteiger partial charge >= 0.3 is 0 Å². The van der Waals surface area contributed by atoms with E-state index in [0.717, 1.165) is 29.6 Å². The molecular formula is C14H18N2O. The number of rotatable bonds is 3. The van der Waals surface area contributed by atoms with Crippen LogP contribution in [-0.4, -0.2) is 15.7 Å². The lowest BCUT2D eigenvalue weighted by Gasteiger charge is -2.20. The lowest BCUT2D eigenvalue weighted by Crippen LogP contribution is -2.18. The maximum absolute atomic E-state index is 11.3. The zero-order chi connectivity index (χ0) is 12.6. The van der Waals surface area contributed by atoms with Gasteiger partial charge in [-0.05, 0) is 31.0 Å². The Morgan fingerprint density at radius 2 is 2.18 bits per heavy atom. The molecular weight excluding hydrogens is 212 g/mol. The first-order valence-corrected chi connectivity index (χ1v) is 5.94. The molecule has 2 aromatic heterocycles. The van der Waals surface area contributed by atoms with E-state index in [2.05, 4.69) is 25.8 Å². The first-order chi connectivity index (χ1) is 7.99. The Hall–Kier alpha value is -1.64. The summed E-state index contributed by atoms with van der Waals surface area (Å²) in [5.41, 5.74) is 3.49. The highest BCUT2D eigenvalue weighted by Crippen LogP contribution is 2.29. The Labute approximate surface area is 101 Å². The van der Waals surface area contributed by atoms with Crippen LogP contribution in [-0.2, 0) is 5.41 Å². The topological polar surface area (TPSA) is 34.4 Å². The van der Waals surface area contributed by atoms with Crippen LogP contribution in [0.3, 0.4) is 0 Å². The van der Waals surface area contributed by atoms with Crippen molar-refractivity contribution < 1.29 is 4.79 Å². The third kappa shape index (κ3) is 1.86. The van der Waals surface area contributed by atoms with Crippen molar-refractivity contribution >= 4 is 11.9 Å². The van der Waals surface area contributed by atoms with Gasteiger partial charge in [0.1, 0.15) is 11.3 Å². The van der Waals surface area contributed by atoms with E-state index in [1.165, 1.54) is 0 Å². The number of carbonyl (C=O) groups is 1. The Morgan fingerprint density at radius 3 is 2.76 bits per heavy atom. The summed E-state index contributed by atoms with van der Waals surface area (Å²) in [6, 6.07) is 3.99. The van der Waals surface area contributed by atoms with Crippen LogP contribution < -0.4 is 0 Å². The molecule has 0 aliphatic carbocycles. The Bertz CT molecular complexity index is 567. The monoisotopic (exact) mass is 230 g/mol. The van der Waals surface area contributed by atoms with Crippen LogP contribution in [0.2, 0.25) is 0 Å². The molecule has 0 amide bonds. The first kappa shape index (κ1) is 11.8. The summed E-state index contributed by atoms with van der Waals surface area (Å²) in [6.45, 7) is 8.38. The number of carbonyl (C=O) groups excluding carboxylic acids is 1. The van der Waals surface area contributed by atoms with Gasteiger partial charge < -0.3 is 0 Å². The summed E-state index contributed by atoms with van der Waals surface area (Å²) >= 11 is 0. The predicted molar refractivity (Wildman–Crippen MR) is 68.6 cm³/mol. The molecule has 0 aliphatic heterocycles. The number of aryl methyl sites for hydroxylation is 1. The van der Waals surface area contributed by atoms with Crippen molar-refractivity contribution in [3.63, 3.8) is 0 Å². The molecule has 3 nitrogen and oxygen atoms in total. The molecule has 90 valence electrons. The Balaban J connectivity index is 2.76. The third-order valence-electron chi connectivity index (χ3n) is 3.46. The van der Waals surface area contributed by atoms with Crippen molar-refractivity contribution in [2.75, 3.05) is 0 Å². The van der Waals surface area contributed by atoms with Gasteiger partial charge in [-0.3, -0.25) is 9.20 Å². The normalized spacial score (nSPS) is 12.0. The summed E-state index contributed by atoms with van der Waals surface area (Å²) in [5.74, 6) is 0. The van der Waals surface area contributed by atoms with Crippen LogP contribution in [0, 0.1) is 6.92 Å². The smallest absolute Gasteiger partial charge is 0.168 e. The lowest BCUT2D eigenvalue weighted by atomic mass is 9.85. The van der Waals surface area contributed by atoms with Crippen molar-refractivity contribution in [3.8, 4) is 0 Å². The maximum Gasteiger partial charge on any atom is 0.168 e. The van der Waals surface area contributed by atoms with Gasteiger partial charge in [-0.2, -0.15) is 0 Å². The van der Waals surface area contributed by atoms with Gasteiger partial charge in [0.15, 0.2) is 6.29 Å². The number of hydrogen-bond acceptors (Lipinski definition) is 2. The maximum atomic E-state index is 11.3. The number of pyridine rings is 1. The molecule has 0 spiro atoms. The van der Waals surface area contributed by atoms with Crippen molar-refractivity contribution in [3.05, 3.63) is 35.3 Å². The quantitative estimate of drug-likeness (QED) is 0.759. The fraction of sp³-hybridized carbons (Fsp3) is 0.429. The van der Waals surface area contributed by atoms with E-state index in [1.807, 2.05) is 29.7 Å². The molecule has 0 aliphatic rings. The van der Waals surface area contributed by atoms with Crippen molar-refractivity contribution in [2.45, 2.75) is 39.5 Å². The predicted octanol–water partition coefficient (Wildman–Crippen LogP) is 3.14. The molecule has 2 rings (SSSR count). The van der Waals surface area contributed by atoms with Gasteiger partial charge in [0, 0.05) is 11.6 Å². The highest BCUT2D eigenvalue weighted by molar-refractivity contribution is 5.77. The molecule has 0 saturated heterocycles. The van der Waals surface area contributed by atoms with Gasteiger partial charge in [-0.15, -0.1) is 0 Å². The summed E-state index contributed by atoms with van der Waals surface area (Å²) < 4.78 is 1.87. The molecule has 0 aromatic carbocycles. The van der Waals surface area contributed by atoms with Crippen LogP contribution >= 0.6 is 0 Å². The number of fused-ring (bicyclic) bond motifs is 1. The minimum absolute atomic E-state index is 0.0732. The number of hydrogen-bond donors (Lipinski definition) is 0. The lowest BCUT2D eigenvalue weighted by molar-refractivity contribution is 0.111. The van der Waals surface area contributed by atoms with Crippen LogP contribution in [0.15, 0.2) is 18.3 Å². The zero-order valence-electron chi connectivity index (χ0n) is 10.8. The summed E-state index contributed by atoms with van der Waals surface area (Å²) in [4.78, 5) is 15.9. The van der Waals surface area contributed by atoms with E-state index >= 15 is 0 Å². The van der Waals surface area contributed by atoms with E-state index in [9.17, 15) is 4.79 Å². The van der Waals surface area contributed by atoms with E-state index in [-0.39, 0.29) is 5.41 Å². The molecule has 0 atom stereocenters. The van der Waals surface area contributed by atoms with E-state index in [0.29, 0.717) is 5.69 Å². The largest absolute Gasteiger partial charge is 0.297 e. The summed E-state index contributed by atoms with van der Waals surface area (Å²) in [6.07, 6.45) is 3.77. The van der Waals surface area contributed by atoms with Gasteiger partial charge in [0.25, 0.3) is 0 Å².